The summed E-state index contributed by atoms with van der Waals surface area (Å²) in [6, 6.07) is 0.581. The Balaban J connectivity index is 2.02. The van der Waals surface area contributed by atoms with Gasteiger partial charge < -0.3 is 14.6 Å². The topological polar surface area (TPSA) is 30.5 Å². The molecule has 2 aliphatic heterocycles. The predicted molar refractivity (Wildman–Crippen MR) is 66.5 cm³/mol. The quantitative estimate of drug-likeness (QED) is 0.694. The van der Waals surface area contributed by atoms with Gasteiger partial charge in [-0.3, -0.25) is 0 Å². The molecule has 2 saturated heterocycles. The van der Waals surface area contributed by atoms with Crippen molar-refractivity contribution >= 4 is 7.12 Å². The second-order valence-electron chi connectivity index (χ2n) is 6.26. The van der Waals surface area contributed by atoms with Gasteiger partial charge in [-0.2, -0.15) is 0 Å². The molecule has 2 atom stereocenters. The summed E-state index contributed by atoms with van der Waals surface area (Å²) >= 11 is 0. The second-order valence-corrected chi connectivity index (χ2v) is 6.26. The van der Waals surface area contributed by atoms with Crippen LogP contribution in [0.4, 0.5) is 0 Å². The SMILES string of the molecule is CC1CC(B2OC(C)(C)C(C)(C)O2)CCN1. The molecule has 0 aromatic rings. The minimum Gasteiger partial charge on any atom is -0.403 e. The van der Waals surface area contributed by atoms with Crippen LogP contribution in [0.15, 0.2) is 0 Å². The van der Waals surface area contributed by atoms with Crippen LogP contribution in [0.25, 0.3) is 0 Å². The van der Waals surface area contributed by atoms with Crippen LogP contribution in [0, 0.1) is 0 Å². The molecular weight excluding hydrogens is 201 g/mol. The highest BCUT2D eigenvalue weighted by Crippen LogP contribution is 2.42. The van der Waals surface area contributed by atoms with Gasteiger partial charge in [-0.05, 0) is 59.8 Å². The van der Waals surface area contributed by atoms with E-state index in [9.17, 15) is 0 Å². The van der Waals surface area contributed by atoms with Crippen molar-refractivity contribution < 1.29 is 9.31 Å². The molecule has 0 saturated carbocycles. The zero-order chi connectivity index (χ0) is 12.0. The van der Waals surface area contributed by atoms with Crippen LogP contribution in [-0.4, -0.2) is 30.9 Å². The fourth-order valence-corrected chi connectivity index (χ4v) is 2.50. The molecule has 0 bridgehead atoms. The molecule has 0 aromatic carbocycles. The number of hydrogen-bond acceptors (Lipinski definition) is 3. The van der Waals surface area contributed by atoms with Gasteiger partial charge >= 0.3 is 7.12 Å². The zero-order valence-electron chi connectivity index (χ0n) is 11.2. The summed E-state index contributed by atoms with van der Waals surface area (Å²) in [4.78, 5) is 0. The van der Waals surface area contributed by atoms with Gasteiger partial charge in [0.2, 0.25) is 0 Å². The molecule has 1 N–H and O–H groups in total. The third-order valence-corrected chi connectivity index (χ3v) is 4.32. The lowest BCUT2D eigenvalue weighted by Gasteiger charge is -2.32. The molecule has 4 heteroatoms. The Morgan fingerprint density at radius 3 is 2.19 bits per heavy atom. The number of nitrogens with one attached hydrogen (secondary N) is 1. The van der Waals surface area contributed by atoms with Crippen molar-refractivity contribution in [3.8, 4) is 0 Å². The molecule has 2 fully saturated rings. The second kappa shape index (κ2) is 4.00. The molecule has 0 spiro atoms. The van der Waals surface area contributed by atoms with E-state index < -0.39 is 0 Å². The molecule has 2 unspecified atom stereocenters. The standard InChI is InChI=1S/C12H24BNO2/c1-9-8-10(6-7-14-9)13-15-11(2,3)12(4,5)16-13/h9-10,14H,6-8H2,1-5H3. The lowest BCUT2D eigenvalue weighted by atomic mass is 9.66. The predicted octanol–water partition coefficient (Wildman–Crippen LogP) is 2.22. The Hall–Kier alpha value is -0.0551. The molecular formula is C12H24BNO2. The molecule has 2 heterocycles. The van der Waals surface area contributed by atoms with Gasteiger partial charge in [0.1, 0.15) is 0 Å². The lowest BCUT2D eigenvalue weighted by Crippen LogP contribution is -2.41. The summed E-state index contributed by atoms with van der Waals surface area (Å²) in [5.41, 5.74) is -0.377. The fourth-order valence-electron chi connectivity index (χ4n) is 2.50. The summed E-state index contributed by atoms with van der Waals surface area (Å²) in [6.45, 7) is 11.8. The maximum atomic E-state index is 6.10. The summed E-state index contributed by atoms with van der Waals surface area (Å²) in [5.74, 6) is 0.539. The molecule has 0 amide bonds. The number of rotatable bonds is 1. The van der Waals surface area contributed by atoms with Crippen molar-refractivity contribution in [3.05, 3.63) is 0 Å². The highest BCUT2D eigenvalue weighted by Gasteiger charge is 2.53. The van der Waals surface area contributed by atoms with E-state index in [0.29, 0.717) is 11.9 Å². The summed E-state index contributed by atoms with van der Waals surface area (Å²) < 4.78 is 12.2. The van der Waals surface area contributed by atoms with E-state index in [2.05, 4.69) is 39.9 Å². The van der Waals surface area contributed by atoms with E-state index >= 15 is 0 Å². The average molecular weight is 225 g/mol. The molecule has 0 aromatic heterocycles. The van der Waals surface area contributed by atoms with Crippen LogP contribution in [0.5, 0.6) is 0 Å². The molecule has 3 nitrogen and oxygen atoms in total. The monoisotopic (exact) mass is 225 g/mol. The molecule has 2 aliphatic rings. The van der Waals surface area contributed by atoms with Crippen molar-refractivity contribution in [3.63, 3.8) is 0 Å². The lowest BCUT2D eigenvalue weighted by molar-refractivity contribution is 0.00578. The minimum absolute atomic E-state index is 0.0189. The van der Waals surface area contributed by atoms with Gasteiger partial charge in [0, 0.05) is 6.04 Å². The Labute approximate surface area is 99.4 Å². The van der Waals surface area contributed by atoms with Gasteiger partial charge in [0.05, 0.1) is 11.2 Å². The Morgan fingerprint density at radius 1 is 1.12 bits per heavy atom. The first-order valence-corrected chi connectivity index (χ1v) is 6.41. The van der Waals surface area contributed by atoms with Gasteiger partial charge in [0.25, 0.3) is 0 Å². The van der Waals surface area contributed by atoms with Crippen molar-refractivity contribution in [1.29, 1.82) is 0 Å². The third kappa shape index (κ3) is 2.15. The zero-order valence-corrected chi connectivity index (χ0v) is 11.2. The third-order valence-electron chi connectivity index (χ3n) is 4.32. The summed E-state index contributed by atoms with van der Waals surface area (Å²) in [5, 5.41) is 3.47. The van der Waals surface area contributed by atoms with Crippen molar-refractivity contribution in [2.75, 3.05) is 6.54 Å². The molecule has 16 heavy (non-hydrogen) atoms. The largest absolute Gasteiger partial charge is 0.461 e. The van der Waals surface area contributed by atoms with E-state index in [0.717, 1.165) is 19.4 Å². The highest BCUT2D eigenvalue weighted by atomic mass is 16.7. The maximum Gasteiger partial charge on any atom is 0.461 e. The van der Waals surface area contributed by atoms with Crippen molar-refractivity contribution in [2.45, 2.75) is 70.5 Å². The van der Waals surface area contributed by atoms with Crippen LogP contribution < -0.4 is 5.32 Å². The van der Waals surface area contributed by atoms with E-state index in [1.54, 1.807) is 0 Å². The van der Waals surface area contributed by atoms with Gasteiger partial charge in [-0.15, -0.1) is 0 Å². The Morgan fingerprint density at radius 2 is 1.69 bits per heavy atom. The van der Waals surface area contributed by atoms with Crippen LogP contribution >= 0.6 is 0 Å². The van der Waals surface area contributed by atoms with Crippen LogP contribution in [0.1, 0.15) is 47.5 Å². The molecule has 0 radical (unpaired) electrons. The molecule has 92 valence electrons. The number of piperidine rings is 1. The smallest absolute Gasteiger partial charge is 0.403 e. The Bertz CT molecular complexity index is 252. The maximum absolute atomic E-state index is 6.10. The van der Waals surface area contributed by atoms with Gasteiger partial charge in [0.15, 0.2) is 0 Å². The van der Waals surface area contributed by atoms with Crippen molar-refractivity contribution in [2.24, 2.45) is 0 Å². The van der Waals surface area contributed by atoms with Gasteiger partial charge in [-0.1, -0.05) is 0 Å². The van der Waals surface area contributed by atoms with Crippen LogP contribution in [-0.2, 0) is 9.31 Å². The van der Waals surface area contributed by atoms with E-state index in [4.69, 9.17) is 9.31 Å². The highest BCUT2D eigenvalue weighted by molar-refractivity contribution is 6.47. The molecule has 0 aliphatic carbocycles. The number of hydrogen-bond donors (Lipinski definition) is 1. The minimum atomic E-state index is -0.189. The average Bonchev–Trinajstić information content (AvgIpc) is 2.36. The Kier molecular flexibility index (Phi) is 3.10. The molecule has 2 rings (SSSR count). The first-order valence-electron chi connectivity index (χ1n) is 6.41. The van der Waals surface area contributed by atoms with Crippen LogP contribution in [0.2, 0.25) is 5.82 Å². The van der Waals surface area contributed by atoms with E-state index in [1.807, 2.05) is 0 Å². The normalized spacial score (nSPS) is 37.7. The van der Waals surface area contributed by atoms with E-state index in [-0.39, 0.29) is 18.3 Å². The first-order chi connectivity index (χ1) is 7.32. The summed E-state index contributed by atoms with van der Waals surface area (Å²) in [6.07, 6.45) is 2.30. The van der Waals surface area contributed by atoms with Crippen molar-refractivity contribution in [1.82, 2.24) is 5.32 Å². The first kappa shape index (κ1) is 12.4. The van der Waals surface area contributed by atoms with Crippen LogP contribution in [0.3, 0.4) is 0 Å². The van der Waals surface area contributed by atoms with Gasteiger partial charge in [-0.25, -0.2) is 0 Å². The fraction of sp³-hybridized carbons (Fsp3) is 1.00. The summed E-state index contributed by atoms with van der Waals surface area (Å²) in [7, 11) is -0.0189. The van der Waals surface area contributed by atoms with E-state index in [1.165, 1.54) is 0 Å².